The van der Waals surface area contributed by atoms with E-state index in [1.54, 1.807) is 6.20 Å². The highest BCUT2D eigenvalue weighted by Crippen LogP contribution is 2.46. The number of nitrogens with one attached hydrogen (secondary N) is 3. The third-order valence-corrected chi connectivity index (χ3v) is 7.77. The quantitative estimate of drug-likeness (QED) is 0.316. The maximum atomic E-state index is 12.9. The first-order valence-corrected chi connectivity index (χ1v) is 13.8. The van der Waals surface area contributed by atoms with Crippen molar-refractivity contribution in [3.8, 4) is 11.1 Å². The van der Waals surface area contributed by atoms with Gasteiger partial charge >= 0.3 is 0 Å². The summed E-state index contributed by atoms with van der Waals surface area (Å²) in [6.45, 7) is 9.20. The maximum absolute atomic E-state index is 12.9. The Morgan fingerprint density at radius 3 is 2.62 bits per heavy atom. The van der Waals surface area contributed by atoms with Gasteiger partial charge in [0.05, 0.1) is 10.9 Å². The van der Waals surface area contributed by atoms with Crippen molar-refractivity contribution in [3.63, 3.8) is 0 Å². The first kappa shape index (κ1) is 26.0. The predicted molar refractivity (Wildman–Crippen MR) is 150 cm³/mol. The van der Waals surface area contributed by atoms with Gasteiger partial charge in [0.15, 0.2) is 11.5 Å². The number of H-pyrrole nitrogens is 1. The first-order valence-electron chi connectivity index (χ1n) is 13.8. The minimum absolute atomic E-state index is 0.0522. The summed E-state index contributed by atoms with van der Waals surface area (Å²) in [6.07, 6.45) is 4.85. The van der Waals surface area contributed by atoms with Crippen molar-refractivity contribution < 1.29 is 14.1 Å². The topological polar surface area (TPSA) is 142 Å². The van der Waals surface area contributed by atoms with Gasteiger partial charge in [-0.2, -0.15) is 10.1 Å². The number of rotatable bonds is 7. The predicted octanol–water partition coefficient (Wildman–Crippen LogP) is 4.15. The number of carbonyl (C=O) groups excluding carboxylic acids is 2. The maximum Gasteiger partial charge on any atom is 0.293 e. The Morgan fingerprint density at radius 2 is 1.95 bits per heavy atom. The summed E-state index contributed by atoms with van der Waals surface area (Å²) < 4.78 is 5.30. The fraction of sp³-hybridized carbons (Fsp3) is 0.448. The summed E-state index contributed by atoms with van der Waals surface area (Å²) in [4.78, 5) is 35.7. The van der Waals surface area contributed by atoms with Crippen LogP contribution in [0, 0.1) is 0 Å². The van der Waals surface area contributed by atoms with Gasteiger partial charge in [0.1, 0.15) is 0 Å². The van der Waals surface area contributed by atoms with Crippen LogP contribution in [0.15, 0.2) is 41.1 Å². The number of fused-ring (bicyclic) bond motifs is 1. The van der Waals surface area contributed by atoms with Crippen LogP contribution in [-0.4, -0.2) is 61.2 Å². The highest BCUT2D eigenvalue weighted by molar-refractivity contribution is 6.00. The fourth-order valence-corrected chi connectivity index (χ4v) is 5.29. The monoisotopic (exact) mass is 542 g/mol. The molecule has 11 heteroatoms. The SMILES string of the molecule is CCC(=O)N1CCC(Nc2n[nH]c3nccc(-c4ccc(C5(NC(=O)c6noc(C(C)(C)C)n6)CC5)cc4)c23)C1. The van der Waals surface area contributed by atoms with Crippen molar-refractivity contribution in [3.05, 3.63) is 53.8 Å². The Hall–Kier alpha value is -4.28. The molecule has 208 valence electrons. The van der Waals surface area contributed by atoms with Crippen LogP contribution < -0.4 is 10.6 Å². The number of anilines is 1. The highest BCUT2D eigenvalue weighted by atomic mass is 16.5. The van der Waals surface area contributed by atoms with E-state index in [1.807, 2.05) is 38.7 Å². The smallest absolute Gasteiger partial charge is 0.293 e. The van der Waals surface area contributed by atoms with Gasteiger partial charge in [0.2, 0.25) is 11.8 Å². The lowest BCUT2D eigenvalue weighted by Crippen LogP contribution is -2.35. The van der Waals surface area contributed by atoms with Gasteiger partial charge in [-0.15, -0.1) is 0 Å². The molecule has 1 aliphatic heterocycles. The number of hydrogen-bond acceptors (Lipinski definition) is 8. The van der Waals surface area contributed by atoms with E-state index in [9.17, 15) is 9.59 Å². The zero-order valence-corrected chi connectivity index (χ0v) is 23.2. The molecule has 4 aromatic rings. The molecule has 1 aliphatic carbocycles. The molecule has 0 radical (unpaired) electrons. The van der Waals surface area contributed by atoms with E-state index < -0.39 is 5.54 Å². The second-order valence-corrected chi connectivity index (χ2v) is 11.8. The van der Waals surface area contributed by atoms with Crippen molar-refractivity contribution in [2.24, 2.45) is 0 Å². The third kappa shape index (κ3) is 4.80. The van der Waals surface area contributed by atoms with E-state index in [0.29, 0.717) is 24.5 Å². The van der Waals surface area contributed by atoms with E-state index in [1.165, 1.54) is 0 Å². The van der Waals surface area contributed by atoms with Gasteiger partial charge in [-0.3, -0.25) is 14.7 Å². The van der Waals surface area contributed by atoms with Gasteiger partial charge in [0, 0.05) is 37.2 Å². The minimum Gasteiger partial charge on any atom is -0.363 e. The van der Waals surface area contributed by atoms with E-state index in [-0.39, 0.29) is 29.1 Å². The lowest BCUT2D eigenvalue weighted by Gasteiger charge is -2.18. The molecule has 2 amide bonds. The second-order valence-electron chi connectivity index (χ2n) is 11.8. The minimum atomic E-state index is -0.432. The summed E-state index contributed by atoms with van der Waals surface area (Å²) in [7, 11) is 0. The summed E-state index contributed by atoms with van der Waals surface area (Å²) in [6, 6.07) is 10.4. The van der Waals surface area contributed by atoms with Gasteiger partial charge in [0.25, 0.3) is 11.7 Å². The highest BCUT2D eigenvalue weighted by Gasteiger charge is 2.46. The van der Waals surface area contributed by atoms with Crippen LogP contribution in [0.4, 0.5) is 5.82 Å². The summed E-state index contributed by atoms with van der Waals surface area (Å²) in [5.41, 5.74) is 2.99. The lowest BCUT2D eigenvalue weighted by atomic mass is 9.97. The number of hydrogen-bond donors (Lipinski definition) is 3. The molecule has 1 saturated carbocycles. The molecule has 6 rings (SSSR count). The van der Waals surface area contributed by atoms with Crippen LogP contribution in [0.2, 0.25) is 0 Å². The van der Waals surface area contributed by atoms with Crippen LogP contribution >= 0.6 is 0 Å². The molecule has 40 heavy (non-hydrogen) atoms. The number of aromatic amines is 1. The van der Waals surface area contributed by atoms with Crippen LogP contribution in [0.5, 0.6) is 0 Å². The summed E-state index contributed by atoms with van der Waals surface area (Å²) >= 11 is 0. The van der Waals surface area contributed by atoms with Crippen molar-refractivity contribution in [1.29, 1.82) is 0 Å². The molecule has 3 N–H and O–H groups in total. The molecule has 1 unspecified atom stereocenters. The largest absolute Gasteiger partial charge is 0.363 e. The molecule has 0 bridgehead atoms. The number of benzene rings is 1. The average molecular weight is 543 g/mol. The standard InChI is InChI=1S/C29H34N8O3/c1-5-21(38)37-15-11-19(16-37)31-24-22-20(10-14-30-23(22)34-35-24)17-6-8-18(9-7-17)29(12-13-29)33-26(39)25-32-27(40-36-25)28(2,3)4/h6-10,14,19H,5,11-13,15-16H2,1-4H3,(H,33,39)(H2,30,31,34,35). The zero-order chi connectivity index (χ0) is 28.1. The second kappa shape index (κ2) is 9.72. The Balaban J connectivity index is 1.20. The van der Waals surface area contributed by atoms with Crippen molar-refractivity contribution in [2.75, 3.05) is 18.4 Å². The Labute approximate surface area is 232 Å². The van der Waals surface area contributed by atoms with Crippen molar-refractivity contribution in [1.82, 2.24) is 35.5 Å². The molecule has 1 saturated heterocycles. The van der Waals surface area contributed by atoms with Crippen molar-refractivity contribution in [2.45, 2.75) is 70.4 Å². The molecule has 2 fully saturated rings. The molecular weight excluding hydrogens is 508 g/mol. The van der Waals surface area contributed by atoms with Gasteiger partial charge in [-0.05, 0) is 42.0 Å². The van der Waals surface area contributed by atoms with E-state index in [4.69, 9.17) is 4.52 Å². The van der Waals surface area contributed by atoms with E-state index >= 15 is 0 Å². The third-order valence-electron chi connectivity index (χ3n) is 7.77. The molecular formula is C29H34N8O3. The molecule has 2 aliphatic rings. The molecule has 4 heterocycles. The van der Waals surface area contributed by atoms with Crippen LogP contribution in [0.3, 0.4) is 0 Å². The molecule has 11 nitrogen and oxygen atoms in total. The van der Waals surface area contributed by atoms with Gasteiger partial charge < -0.3 is 20.1 Å². The van der Waals surface area contributed by atoms with Crippen LogP contribution in [0.25, 0.3) is 22.2 Å². The number of amides is 2. The number of likely N-dealkylation sites (tertiary alicyclic amines) is 1. The fourth-order valence-electron chi connectivity index (χ4n) is 5.29. The number of pyridine rings is 1. The number of carbonyl (C=O) groups is 2. The number of nitrogens with zero attached hydrogens (tertiary/aromatic N) is 5. The normalized spacial score (nSPS) is 18.2. The Kier molecular flexibility index (Phi) is 6.31. The number of aromatic nitrogens is 5. The van der Waals surface area contributed by atoms with E-state index in [2.05, 4.69) is 60.2 Å². The van der Waals surface area contributed by atoms with E-state index in [0.717, 1.165) is 53.7 Å². The molecule has 1 aromatic carbocycles. The summed E-state index contributed by atoms with van der Waals surface area (Å²) in [5.74, 6) is 1.06. The zero-order valence-electron chi connectivity index (χ0n) is 23.2. The van der Waals surface area contributed by atoms with Gasteiger partial charge in [-0.1, -0.05) is 57.1 Å². The molecule has 0 spiro atoms. The van der Waals surface area contributed by atoms with Crippen LogP contribution in [-0.2, 0) is 15.7 Å². The lowest BCUT2D eigenvalue weighted by molar-refractivity contribution is -0.129. The average Bonchev–Trinajstić information content (AvgIpc) is 3.33. The van der Waals surface area contributed by atoms with Crippen molar-refractivity contribution >= 4 is 28.7 Å². The first-order chi connectivity index (χ1) is 19.2. The van der Waals surface area contributed by atoms with Crippen LogP contribution in [0.1, 0.15) is 75.5 Å². The summed E-state index contributed by atoms with van der Waals surface area (Å²) in [5, 5.41) is 19.0. The Bertz CT molecular complexity index is 1560. The van der Waals surface area contributed by atoms with Gasteiger partial charge in [-0.25, -0.2) is 4.98 Å². The molecule has 1 atom stereocenters. The molecule has 3 aromatic heterocycles. The Morgan fingerprint density at radius 1 is 1.18 bits per heavy atom.